The molecule has 1 rings (SSSR count). The summed E-state index contributed by atoms with van der Waals surface area (Å²) in [5.41, 5.74) is 0.557. The quantitative estimate of drug-likeness (QED) is 0.853. The summed E-state index contributed by atoms with van der Waals surface area (Å²) < 4.78 is 49.5. The van der Waals surface area contributed by atoms with E-state index in [1.807, 2.05) is 0 Å². The molecule has 0 radical (unpaired) electrons. The van der Waals surface area contributed by atoms with Crippen molar-refractivity contribution in [3.8, 4) is 0 Å². The molecule has 0 unspecified atom stereocenters. The van der Waals surface area contributed by atoms with Crippen molar-refractivity contribution in [2.24, 2.45) is 0 Å². The minimum atomic E-state index is -3.87. The number of nitrogens with one attached hydrogen (secondary N) is 1. The summed E-state index contributed by atoms with van der Waals surface area (Å²) in [6.45, 7) is -0.450. The second-order valence-corrected chi connectivity index (χ2v) is 5.83. The van der Waals surface area contributed by atoms with Crippen LogP contribution in [0.2, 0.25) is 0 Å². The van der Waals surface area contributed by atoms with Crippen LogP contribution in [0.4, 0.5) is 8.78 Å². The first-order valence-corrected chi connectivity index (χ1v) is 6.80. The van der Waals surface area contributed by atoms with Crippen molar-refractivity contribution in [2.45, 2.75) is 17.9 Å². The molecular weight excluding hydrogens is 262 g/mol. The number of hydrogen-bond acceptors (Lipinski definition) is 3. The van der Waals surface area contributed by atoms with Gasteiger partial charge in [-0.1, -0.05) is 18.2 Å². The molecule has 0 aliphatic rings. The first-order chi connectivity index (χ1) is 8.39. The highest BCUT2D eigenvalue weighted by Crippen LogP contribution is 2.19. The molecule has 0 bridgehead atoms. The van der Waals surface area contributed by atoms with Gasteiger partial charge in [0.1, 0.15) is 0 Å². The molecule has 0 amide bonds. The first-order valence-electron chi connectivity index (χ1n) is 5.36. The average Bonchev–Trinajstić information content (AvgIpc) is 2.29. The van der Waals surface area contributed by atoms with Crippen LogP contribution in [-0.4, -0.2) is 39.8 Å². The average molecular weight is 278 g/mol. The monoisotopic (exact) mass is 278 g/mol. The lowest BCUT2D eigenvalue weighted by atomic mass is 10.2. The number of sulfonamides is 1. The lowest BCUT2D eigenvalue weighted by Crippen LogP contribution is -2.32. The predicted octanol–water partition coefficient (Wildman–Crippen LogP) is 1.29. The van der Waals surface area contributed by atoms with Crippen LogP contribution in [0.5, 0.6) is 0 Å². The van der Waals surface area contributed by atoms with Gasteiger partial charge in [0.2, 0.25) is 10.0 Å². The molecule has 4 nitrogen and oxygen atoms in total. The molecule has 0 aromatic heterocycles. The Morgan fingerprint density at radius 2 is 1.94 bits per heavy atom. The zero-order chi connectivity index (χ0) is 13.8. The second kappa shape index (κ2) is 6.21. The van der Waals surface area contributed by atoms with E-state index in [2.05, 4.69) is 5.32 Å². The molecule has 1 aromatic rings. The summed E-state index contributed by atoms with van der Waals surface area (Å²) in [4.78, 5) is 0.0579. The third kappa shape index (κ3) is 3.47. The van der Waals surface area contributed by atoms with Crippen molar-refractivity contribution in [3.63, 3.8) is 0 Å². The number of benzene rings is 1. The van der Waals surface area contributed by atoms with Gasteiger partial charge in [-0.25, -0.2) is 17.2 Å². The van der Waals surface area contributed by atoms with Gasteiger partial charge in [-0.3, -0.25) is 0 Å². The van der Waals surface area contributed by atoms with Gasteiger partial charge in [0.25, 0.3) is 6.43 Å². The van der Waals surface area contributed by atoms with Crippen molar-refractivity contribution < 1.29 is 17.2 Å². The Morgan fingerprint density at radius 1 is 1.33 bits per heavy atom. The number of nitrogens with zero attached hydrogens (tertiary/aromatic N) is 1. The van der Waals surface area contributed by atoms with Crippen LogP contribution in [0.3, 0.4) is 0 Å². The second-order valence-electron chi connectivity index (χ2n) is 3.81. The fourth-order valence-corrected chi connectivity index (χ4v) is 2.92. The number of hydrogen-bond donors (Lipinski definition) is 1. The molecule has 0 atom stereocenters. The fourth-order valence-electron chi connectivity index (χ4n) is 1.55. The molecular formula is C11H16F2N2O2S. The van der Waals surface area contributed by atoms with Crippen LogP contribution >= 0.6 is 0 Å². The Bertz CT molecular complexity index is 492. The maximum Gasteiger partial charge on any atom is 0.252 e. The van der Waals surface area contributed by atoms with Crippen LogP contribution in [0.15, 0.2) is 29.2 Å². The van der Waals surface area contributed by atoms with E-state index in [4.69, 9.17) is 0 Å². The third-order valence-corrected chi connectivity index (χ3v) is 4.35. The van der Waals surface area contributed by atoms with Gasteiger partial charge in [-0.15, -0.1) is 0 Å². The summed E-state index contributed by atoms with van der Waals surface area (Å²) in [6, 6.07) is 6.35. The van der Waals surface area contributed by atoms with Gasteiger partial charge < -0.3 is 5.32 Å². The van der Waals surface area contributed by atoms with E-state index in [1.54, 1.807) is 25.2 Å². The maximum absolute atomic E-state index is 12.3. The molecule has 0 aliphatic carbocycles. The van der Waals surface area contributed by atoms with Crippen molar-refractivity contribution >= 4 is 10.0 Å². The van der Waals surface area contributed by atoms with E-state index >= 15 is 0 Å². The zero-order valence-electron chi connectivity index (χ0n) is 10.2. The van der Waals surface area contributed by atoms with Crippen molar-refractivity contribution in [1.29, 1.82) is 0 Å². The summed E-state index contributed by atoms with van der Waals surface area (Å²) in [6.07, 6.45) is -2.69. The highest BCUT2D eigenvalue weighted by atomic mass is 32.2. The standard InChI is InChI=1S/C11H16F2N2O2S/c1-14-7-9-5-3-4-6-10(9)18(16,17)15(2)8-11(12)13/h3-6,11,14H,7-8H2,1-2H3. The largest absolute Gasteiger partial charge is 0.316 e. The van der Waals surface area contributed by atoms with Gasteiger partial charge >= 0.3 is 0 Å². The predicted molar refractivity (Wildman–Crippen MR) is 65.0 cm³/mol. The van der Waals surface area contributed by atoms with E-state index in [0.29, 0.717) is 16.4 Å². The van der Waals surface area contributed by atoms with Crippen LogP contribution in [0.1, 0.15) is 5.56 Å². The number of alkyl halides is 2. The SMILES string of the molecule is CNCc1ccccc1S(=O)(=O)N(C)CC(F)F. The van der Waals surface area contributed by atoms with Gasteiger partial charge in [-0.05, 0) is 18.7 Å². The van der Waals surface area contributed by atoms with E-state index in [-0.39, 0.29) is 4.90 Å². The maximum atomic E-state index is 12.3. The van der Waals surface area contributed by atoms with Crippen molar-refractivity contribution in [3.05, 3.63) is 29.8 Å². The topological polar surface area (TPSA) is 49.4 Å². The normalized spacial score (nSPS) is 12.3. The molecule has 0 fully saturated rings. The summed E-state index contributed by atoms with van der Waals surface area (Å²) in [7, 11) is -1.04. The van der Waals surface area contributed by atoms with E-state index in [9.17, 15) is 17.2 Å². The summed E-state index contributed by atoms with van der Waals surface area (Å²) >= 11 is 0. The van der Waals surface area contributed by atoms with Gasteiger partial charge in [0.05, 0.1) is 11.4 Å². The van der Waals surface area contributed by atoms with Crippen LogP contribution in [-0.2, 0) is 16.6 Å². The molecule has 0 saturated heterocycles. The molecule has 1 aromatic carbocycles. The molecule has 102 valence electrons. The smallest absolute Gasteiger partial charge is 0.252 e. The highest BCUT2D eigenvalue weighted by molar-refractivity contribution is 7.89. The van der Waals surface area contributed by atoms with Crippen LogP contribution in [0.25, 0.3) is 0 Å². The van der Waals surface area contributed by atoms with E-state index in [1.165, 1.54) is 6.07 Å². The number of rotatable bonds is 6. The molecule has 0 saturated carbocycles. The Labute approximate surface area is 106 Å². The van der Waals surface area contributed by atoms with Gasteiger partial charge in [0.15, 0.2) is 0 Å². The Hall–Kier alpha value is -1.05. The molecule has 7 heteroatoms. The lowest BCUT2D eigenvalue weighted by Gasteiger charge is -2.18. The van der Waals surface area contributed by atoms with E-state index < -0.39 is 23.0 Å². The molecule has 0 aliphatic heterocycles. The fraction of sp³-hybridized carbons (Fsp3) is 0.455. The van der Waals surface area contributed by atoms with Gasteiger partial charge in [-0.2, -0.15) is 4.31 Å². The van der Waals surface area contributed by atoms with E-state index in [0.717, 1.165) is 7.05 Å². The lowest BCUT2D eigenvalue weighted by molar-refractivity contribution is 0.126. The summed E-state index contributed by atoms with van der Waals surface area (Å²) in [5, 5.41) is 2.85. The first kappa shape index (κ1) is 15.0. The number of halogens is 2. The highest BCUT2D eigenvalue weighted by Gasteiger charge is 2.25. The minimum absolute atomic E-state index is 0.0579. The van der Waals surface area contributed by atoms with Gasteiger partial charge in [0, 0.05) is 13.6 Å². The Balaban J connectivity index is 3.11. The molecule has 1 N–H and O–H groups in total. The summed E-state index contributed by atoms with van der Waals surface area (Å²) in [5.74, 6) is 0. The van der Waals surface area contributed by atoms with Crippen molar-refractivity contribution in [2.75, 3.05) is 20.6 Å². The Kier molecular flexibility index (Phi) is 5.18. The molecule has 0 spiro atoms. The molecule has 0 heterocycles. The third-order valence-electron chi connectivity index (χ3n) is 2.42. The Morgan fingerprint density at radius 3 is 2.50 bits per heavy atom. The zero-order valence-corrected chi connectivity index (χ0v) is 11.0. The van der Waals surface area contributed by atoms with Crippen molar-refractivity contribution in [1.82, 2.24) is 9.62 Å². The van der Waals surface area contributed by atoms with Crippen LogP contribution in [0, 0.1) is 0 Å². The van der Waals surface area contributed by atoms with Crippen LogP contribution < -0.4 is 5.32 Å². The molecule has 18 heavy (non-hydrogen) atoms. The minimum Gasteiger partial charge on any atom is -0.316 e.